The summed E-state index contributed by atoms with van der Waals surface area (Å²) in [4.78, 5) is 28.5. The number of benzene rings is 3. The van der Waals surface area contributed by atoms with Gasteiger partial charge in [0, 0.05) is 24.5 Å². The summed E-state index contributed by atoms with van der Waals surface area (Å²) >= 11 is 6.07. The largest absolute Gasteiger partial charge is 0.484 e. The predicted octanol–water partition coefficient (Wildman–Crippen LogP) is 5.67. The molecule has 0 unspecified atom stereocenters. The smallest absolute Gasteiger partial charge is 0.261 e. The number of unbranched alkanes of at least 4 members (excludes halogenated alkanes) is 2. The van der Waals surface area contributed by atoms with Gasteiger partial charge in [-0.1, -0.05) is 92.0 Å². The van der Waals surface area contributed by atoms with Gasteiger partial charge in [0.1, 0.15) is 11.8 Å². The van der Waals surface area contributed by atoms with E-state index in [2.05, 4.69) is 12.2 Å². The lowest BCUT2D eigenvalue weighted by molar-refractivity contribution is -0.142. The van der Waals surface area contributed by atoms with Crippen molar-refractivity contribution in [1.82, 2.24) is 10.2 Å². The van der Waals surface area contributed by atoms with E-state index in [0.29, 0.717) is 23.7 Å². The summed E-state index contributed by atoms with van der Waals surface area (Å²) in [7, 11) is 0. The number of amides is 2. The van der Waals surface area contributed by atoms with Crippen LogP contribution in [0.25, 0.3) is 0 Å². The highest BCUT2D eigenvalue weighted by atomic mass is 35.5. The van der Waals surface area contributed by atoms with Gasteiger partial charge in [0.05, 0.1) is 0 Å². The summed E-state index contributed by atoms with van der Waals surface area (Å²) < 4.78 is 5.75. The summed E-state index contributed by atoms with van der Waals surface area (Å²) in [5.41, 5.74) is 1.87. The highest BCUT2D eigenvalue weighted by molar-refractivity contribution is 6.30. The van der Waals surface area contributed by atoms with E-state index in [1.165, 1.54) is 0 Å². The molecule has 0 aromatic heterocycles. The molecule has 0 bridgehead atoms. The number of hydrogen-bond donors (Lipinski definition) is 1. The van der Waals surface area contributed by atoms with Gasteiger partial charge in [-0.05, 0) is 41.8 Å². The lowest BCUT2D eigenvalue weighted by Crippen LogP contribution is -2.51. The summed E-state index contributed by atoms with van der Waals surface area (Å²) in [6.45, 7) is 2.82. The maximum Gasteiger partial charge on any atom is 0.261 e. The van der Waals surface area contributed by atoms with Crippen LogP contribution in [0.3, 0.4) is 0 Å². The lowest BCUT2D eigenvalue weighted by atomic mass is 10.0. The molecule has 0 saturated carbocycles. The molecule has 0 aliphatic carbocycles. The molecule has 1 N–H and O–H groups in total. The van der Waals surface area contributed by atoms with Crippen LogP contribution in [0, 0.1) is 0 Å². The zero-order valence-electron chi connectivity index (χ0n) is 20.2. The molecule has 35 heavy (non-hydrogen) atoms. The Bertz CT molecular complexity index is 1040. The van der Waals surface area contributed by atoms with Gasteiger partial charge < -0.3 is 15.0 Å². The fourth-order valence-corrected chi connectivity index (χ4v) is 3.92. The molecule has 0 aliphatic rings. The van der Waals surface area contributed by atoms with Gasteiger partial charge >= 0.3 is 0 Å². The van der Waals surface area contributed by atoms with E-state index in [1.807, 2.05) is 60.7 Å². The van der Waals surface area contributed by atoms with Gasteiger partial charge in [0.2, 0.25) is 5.91 Å². The number of carbonyl (C=O) groups is 2. The van der Waals surface area contributed by atoms with Crippen molar-refractivity contribution in [3.05, 3.63) is 101 Å². The Labute approximate surface area is 213 Å². The third-order valence-electron chi connectivity index (χ3n) is 5.72. The minimum atomic E-state index is -0.679. The Balaban J connectivity index is 1.85. The number of rotatable bonds is 13. The molecular formula is C29H33ClN2O3. The minimum absolute atomic E-state index is 0.160. The normalized spacial score (nSPS) is 11.5. The molecule has 1 atom stereocenters. The van der Waals surface area contributed by atoms with Gasteiger partial charge in [-0.25, -0.2) is 0 Å². The number of carbonyl (C=O) groups excluding carboxylic acids is 2. The standard InChI is InChI=1S/C29H33ClN2O3/c1-2-3-10-19-31-29(34)27(20-23-11-6-4-7-12-23)32(21-24-15-17-25(30)18-16-24)28(33)22-35-26-13-8-5-9-14-26/h4-9,11-18,27H,2-3,10,19-22H2,1H3,(H,31,34)/t27-/m0/s1. The van der Waals surface area contributed by atoms with Crippen molar-refractivity contribution in [3.63, 3.8) is 0 Å². The van der Waals surface area contributed by atoms with E-state index in [9.17, 15) is 9.59 Å². The van der Waals surface area contributed by atoms with Crippen LogP contribution >= 0.6 is 11.6 Å². The topological polar surface area (TPSA) is 58.6 Å². The summed E-state index contributed by atoms with van der Waals surface area (Å²) in [5.74, 6) is 0.191. The van der Waals surface area contributed by atoms with E-state index in [4.69, 9.17) is 16.3 Å². The third kappa shape index (κ3) is 8.76. The molecule has 184 valence electrons. The van der Waals surface area contributed by atoms with Crippen LogP contribution in [-0.2, 0) is 22.6 Å². The zero-order chi connectivity index (χ0) is 24.9. The molecule has 5 nitrogen and oxygen atoms in total. The van der Waals surface area contributed by atoms with Crippen LogP contribution in [-0.4, -0.2) is 35.9 Å². The van der Waals surface area contributed by atoms with Crippen molar-refractivity contribution >= 4 is 23.4 Å². The zero-order valence-corrected chi connectivity index (χ0v) is 20.9. The van der Waals surface area contributed by atoms with E-state index in [0.717, 1.165) is 30.4 Å². The third-order valence-corrected chi connectivity index (χ3v) is 5.97. The molecule has 0 aliphatic heterocycles. The molecule has 0 saturated heterocycles. The van der Waals surface area contributed by atoms with Crippen molar-refractivity contribution in [2.45, 2.75) is 45.2 Å². The van der Waals surface area contributed by atoms with Gasteiger partial charge in [-0.3, -0.25) is 9.59 Å². The van der Waals surface area contributed by atoms with Crippen LogP contribution in [0.15, 0.2) is 84.9 Å². The van der Waals surface area contributed by atoms with Crippen LogP contribution < -0.4 is 10.1 Å². The number of ether oxygens (including phenoxy) is 1. The first-order chi connectivity index (χ1) is 17.1. The molecule has 3 rings (SSSR count). The fraction of sp³-hybridized carbons (Fsp3) is 0.310. The van der Waals surface area contributed by atoms with Crippen LogP contribution in [0.2, 0.25) is 5.02 Å². The molecule has 0 heterocycles. The Hall–Kier alpha value is -3.31. The number of nitrogens with zero attached hydrogens (tertiary/aromatic N) is 1. The quantitative estimate of drug-likeness (QED) is 0.313. The van der Waals surface area contributed by atoms with E-state index in [-0.39, 0.29) is 25.0 Å². The second-order valence-corrected chi connectivity index (χ2v) is 8.89. The van der Waals surface area contributed by atoms with Crippen LogP contribution in [0.5, 0.6) is 5.75 Å². The van der Waals surface area contributed by atoms with Gasteiger partial charge in [0.15, 0.2) is 6.61 Å². The molecule has 6 heteroatoms. The van der Waals surface area contributed by atoms with Gasteiger partial charge in [-0.2, -0.15) is 0 Å². The first-order valence-corrected chi connectivity index (χ1v) is 12.5. The Morgan fingerprint density at radius 3 is 2.20 bits per heavy atom. The maximum atomic E-state index is 13.5. The molecule has 0 spiro atoms. The average molecular weight is 493 g/mol. The number of nitrogens with one attached hydrogen (secondary N) is 1. The Morgan fingerprint density at radius 2 is 1.54 bits per heavy atom. The van der Waals surface area contributed by atoms with Gasteiger partial charge in [-0.15, -0.1) is 0 Å². The summed E-state index contributed by atoms with van der Waals surface area (Å²) in [6, 6.07) is 25.6. The van der Waals surface area contributed by atoms with Gasteiger partial charge in [0.25, 0.3) is 5.91 Å². The molecule has 2 amide bonds. The predicted molar refractivity (Wildman–Crippen MR) is 140 cm³/mol. The highest BCUT2D eigenvalue weighted by Gasteiger charge is 2.30. The second-order valence-electron chi connectivity index (χ2n) is 8.45. The van der Waals surface area contributed by atoms with Crippen LogP contribution in [0.4, 0.5) is 0 Å². The molecule has 3 aromatic rings. The van der Waals surface area contributed by atoms with E-state index >= 15 is 0 Å². The first kappa shape index (κ1) is 26.3. The lowest BCUT2D eigenvalue weighted by Gasteiger charge is -2.31. The van der Waals surface area contributed by atoms with E-state index in [1.54, 1.807) is 29.2 Å². The molecule has 0 radical (unpaired) electrons. The van der Waals surface area contributed by atoms with Crippen molar-refractivity contribution in [2.75, 3.05) is 13.2 Å². The Morgan fingerprint density at radius 1 is 0.886 bits per heavy atom. The highest BCUT2D eigenvalue weighted by Crippen LogP contribution is 2.18. The van der Waals surface area contributed by atoms with Crippen molar-refractivity contribution in [3.8, 4) is 5.75 Å². The Kier molecular flexibility index (Phi) is 10.6. The molecule has 0 fully saturated rings. The molecule has 3 aromatic carbocycles. The summed E-state index contributed by atoms with van der Waals surface area (Å²) in [6.07, 6.45) is 3.43. The van der Waals surface area contributed by atoms with Crippen LogP contribution in [0.1, 0.15) is 37.3 Å². The number of halogens is 1. The minimum Gasteiger partial charge on any atom is -0.484 e. The van der Waals surface area contributed by atoms with Crippen molar-refractivity contribution in [2.24, 2.45) is 0 Å². The van der Waals surface area contributed by atoms with Crippen molar-refractivity contribution in [1.29, 1.82) is 0 Å². The summed E-state index contributed by atoms with van der Waals surface area (Å²) in [5, 5.41) is 3.67. The first-order valence-electron chi connectivity index (χ1n) is 12.1. The average Bonchev–Trinajstić information content (AvgIpc) is 2.89. The number of hydrogen-bond acceptors (Lipinski definition) is 3. The monoisotopic (exact) mass is 492 g/mol. The second kappa shape index (κ2) is 14.2. The molecular weight excluding hydrogens is 460 g/mol. The number of para-hydroxylation sites is 1. The van der Waals surface area contributed by atoms with E-state index < -0.39 is 6.04 Å². The fourth-order valence-electron chi connectivity index (χ4n) is 3.79. The SMILES string of the molecule is CCCCCNC(=O)[C@H](Cc1ccccc1)N(Cc1ccc(Cl)cc1)C(=O)COc1ccccc1. The maximum absolute atomic E-state index is 13.5. The van der Waals surface area contributed by atoms with Crippen molar-refractivity contribution < 1.29 is 14.3 Å².